The van der Waals surface area contributed by atoms with Crippen molar-refractivity contribution < 1.29 is 4.74 Å². The first-order valence-corrected chi connectivity index (χ1v) is 13.3. The minimum atomic E-state index is -0.604. The molecule has 1 unspecified atom stereocenters. The van der Waals surface area contributed by atoms with E-state index in [9.17, 15) is 4.79 Å². The fraction of sp³-hybridized carbons (Fsp3) is 0.226. The minimum Gasteiger partial charge on any atom is -0.497 e. The van der Waals surface area contributed by atoms with Gasteiger partial charge in [-0.2, -0.15) is 0 Å². The van der Waals surface area contributed by atoms with Crippen LogP contribution in [0.25, 0.3) is 22.0 Å². The molecule has 1 aliphatic rings. The van der Waals surface area contributed by atoms with E-state index in [4.69, 9.17) is 21.3 Å². The van der Waals surface area contributed by atoms with E-state index in [0.29, 0.717) is 23.2 Å². The molecule has 0 N–H and O–H groups in total. The van der Waals surface area contributed by atoms with E-state index in [2.05, 4.69) is 16.0 Å². The molecule has 1 atom stereocenters. The van der Waals surface area contributed by atoms with Crippen molar-refractivity contribution in [3.05, 3.63) is 112 Å². The number of imidazole rings is 1. The Kier molecular flexibility index (Phi) is 6.75. The summed E-state index contributed by atoms with van der Waals surface area (Å²) in [5.41, 5.74) is 4.78. The highest BCUT2D eigenvalue weighted by atomic mass is 35.5. The van der Waals surface area contributed by atoms with Crippen LogP contribution < -0.4 is 10.3 Å². The van der Waals surface area contributed by atoms with Gasteiger partial charge >= 0.3 is 0 Å². The van der Waals surface area contributed by atoms with Crippen LogP contribution in [-0.4, -0.2) is 32.4 Å². The van der Waals surface area contributed by atoms with Gasteiger partial charge in [-0.15, -0.1) is 0 Å². The van der Waals surface area contributed by atoms with Crippen molar-refractivity contribution >= 4 is 28.7 Å². The van der Waals surface area contributed by atoms with E-state index in [1.807, 2.05) is 64.7 Å². The minimum absolute atomic E-state index is 0.0522. The summed E-state index contributed by atoms with van der Waals surface area (Å²) in [7, 11) is 3.56. The number of ether oxygens (including phenoxy) is 1. The summed E-state index contributed by atoms with van der Waals surface area (Å²) in [6, 6.07) is 18.8. The third-order valence-electron chi connectivity index (χ3n) is 7.26. The van der Waals surface area contributed by atoms with Crippen molar-refractivity contribution in [2.75, 3.05) is 7.11 Å². The Morgan fingerprint density at radius 3 is 2.56 bits per heavy atom. The molecule has 0 amide bonds. The van der Waals surface area contributed by atoms with Crippen LogP contribution in [0.5, 0.6) is 5.75 Å². The van der Waals surface area contributed by atoms with E-state index in [0.717, 1.165) is 51.9 Å². The lowest BCUT2D eigenvalue weighted by molar-refractivity contribution is 0.415. The molecular weight excluding hydrogens is 510 g/mol. The molecule has 7 nitrogen and oxygen atoms in total. The maximum atomic E-state index is 14.5. The molecule has 0 spiro atoms. The molecule has 1 fully saturated rings. The molecule has 8 heteroatoms. The predicted octanol–water partition coefficient (Wildman–Crippen LogP) is 6.08. The van der Waals surface area contributed by atoms with Crippen molar-refractivity contribution in [3.8, 4) is 16.9 Å². The average molecular weight is 538 g/mol. The molecule has 0 saturated heterocycles. The van der Waals surface area contributed by atoms with E-state index in [-0.39, 0.29) is 5.56 Å². The van der Waals surface area contributed by atoms with Gasteiger partial charge in [0.25, 0.3) is 5.56 Å². The fourth-order valence-corrected chi connectivity index (χ4v) is 5.15. The molecular formula is C31H28ClN5O2. The van der Waals surface area contributed by atoms with Gasteiger partial charge in [-0.3, -0.25) is 9.79 Å². The lowest BCUT2D eigenvalue weighted by Crippen LogP contribution is -2.28. The Bertz CT molecular complexity index is 1720. The van der Waals surface area contributed by atoms with Crippen LogP contribution in [0, 0.1) is 5.92 Å². The number of rotatable bonds is 8. The van der Waals surface area contributed by atoms with Crippen LogP contribution >= 0.6 is 11.6 Å². The first-order valence-electron chi connectivity index (χ1n) is 12.9. The van der Waals surface area contributed by atoms with Gasteiger partial charge in [0, 0.05) is 42.5 Å². The molecule has 0 aliphatic heterocycles. The maximum Gasteiger partial charge on any atom is 0.257 e. The lowest BCUT2D eigenvalue weighted by Gasteiger charge is -2.22. The SMILES string of the molecule is COc1ccc(C=NC(c2c(-c3ccc(Cl)nc3)c3ccccc3n(CC3CC3)c2=O)c2cncn2C)cc1. The molecule has 0 bridgehead atoms. The van der Waals surface area contributed by atoms with Crippen LogP contribution in [0.15, 0.2) is 89.2 Å². The molecule has 39 heavy (non-hydrogen) atoms. The van der Waals surface area contributed by atoms with Crippen molar-refractivity contribution in [3.63, 3.8) is 0 Å². The molecule has 2 aromatic carbocycles. The molecule has 3 heterocycles. The van der Waals surface area contributed by atoms with Crippen LogP contribution in [0.3, 0.4) is 0 Å². The molecule has 0 radical (unpaired) electrons. The molecule has 6 rings (SSSR count). The Morgan fingerprint density at radius 2 is 1.90 bits per heavy atom. The van der Waals surface area contributed by atoms with E-state index in [1.54, 1.807) is 38.1 Å². The maximum absolute atomic E-state index is 14.5. The highest BCUT2D eigenvalue weighted by molar-refractivity contribution is 6.29. The smallest absolute Gasteiger partial charge is 0.257 e. The van der Waals surface area contributed by atoms with Gasteiger partial charge in [0.2, 0.25) is 0 Å². The fourth-order valence-electron chi connectivity index (χ4n) is 5.04. The van der Waals surface area contributed by atoms with Crippen LogP contribution in [0.1, 0.15) is 35.7 Å². The summed E-state index contributed by atoms with van der Waals surface area (Å²) < 4.78 is 9.15. The number of aromatic nitrogens is 4. The zero-order chi connectivity index (χ0) is 26.9. The second-order valence-corrected chi connectivity index (χ2v) is 10.3. The number of methoxy groups -OCH3 is 1. The summed E-state index contributed by atoms with van der Waals surface area (Å²) in [6.07, 6.45) is 9.32. The molecule has 196 valence electrons. The Morgan fingerprint density at radius 1 is 1.10 bits per heavy atom. The number of para-hydroxylation sites is 1. The van der Waals surface area contributed by atoms with Gasteiger partial charge in [0.1, 0.15) is 16.9 Å². The summed E-state index contributed by atoms with van der Waals surface area (Å²) in [5.74, 6) is 1.28. The molecule has 1 aliphatic carbocycles. The number of pyridine rings is 2. The number of hydrogen-bond acceptors (Lipinski definition) is 5. The second-order valence-electron chi connectivity index (χ2n) is 9.92. The third kappa shape index (κ3) is 4.98. The number of benzene rings is 2. The third-order valence-corrected chi connectivity index (χ3v) is 7.48. The van der Waals surface area contributed by atoms with Gasteiger partial charge in [-0.25, -0.2) is 9.97 Å². The predicted molar refractivity (Wildman–Crippen MR) is 155 cm³/mol. The quantitative estimate of drug-likeness (QED) is 0.178. The number of nitrogens with zero attached hydrogens (tertiary/aromatic N) is 5. The Balaban J connectivity index is 1.64. The first kappa shape index (κ1) is 25.1. The van der Waals surface area contributed by atoms with Crippen molar-refractivity contribution in [2.24, 2.45) is 18.0 Å². The zero-order valence-electron chi connectivity index (χ0n) is 21.8. The van der Waals surface area contributed by atoms with Gasteiger partial charge in [0.05, 0.1) is 36.4 Å². The Hall–Kier alpha value is -4.23. The van der Waals surface area contributed by atoms with E-state index < -0.39 is 6.04 Å². The van der Waals surface area contributed by atoms with Crippen LogP contribution in [0.4, 0.5) is 0 Å². The van der Waals surface area contributed by atoms with Gasteiger partial charge in [-0.1, -0.05) is 29.8 Å². The molecule has 5 aromatic rings. The lowest BCUT2D eigenvalue weighted by atomic mass is 9.91. The summed E-state index contributed by atoms with van der Waals surface area (Å²) >= 11 is 6.16. The molecule has 1 saturated carbocycles. The van der Waals surface area contributed by atoms with Crippen LogP contribution in [-0.2, 0) is 13.6 Å². The standard InChI is InChI=1S/C31H28ClN5O2/c1-36-19-33-17-26(36)30(35-15-20-9-12-23(39-2)13-10-20)29-28(22-11-14-27(32)34-16-22)24-5-3-4-6-25(24)37(31(29)38)18-21-7-8-21/h3-6,9-17,19,21,30H,7-8,18H2,1-2H3. The average Bonchev–Trinajstić information content (AvgIpc) is 3.69. The number of aryl methyl sites for hydroxylation is 1. The van der Waals surface area contributed by atoms with Gasteiger partial charge in [-0.05, 0) is 66.8 Å². The van der Waals surface area contributed by atoms with Gasteiger partial charge < -0.3 is 13.9 Å². The number of hydrogen-bond donors (Lipinski definition) is 0. The number of fused-ring (bicyclic) bond motifs is 1. The summed E-state index contributed by atoms with van der Waals surface area (Å²) in [4.78, 5) is 28.3. The summed E-state index contributed by atoms with van der Waals surface area (Å²) in [6.45, 7) is 0.686. The highest BCUT2D eigenvalue weighted by Gasteiger charge is 2.30. The zero-order valence-corrected chi connectivity index (χ0v) is 22.5. The van der Waals surface area contributed by atoms with Crippen molar-refractivity contribution in [1.29, 1.82) is 0 Å². The second kappa shape index (κ2) is 10.5. The topological polar surface area (TPSA) is 74.3 Å². The van der Waals surface area contributed by atoms with Crippen LogP contribution in [0.2, 0.25) is 5.15 Å². The van der Waals surface area contributed by atoms with Crippen molar-refractivity contribution in [1.82, 2.24) is 19.1 Å². The van der Waals surface area contributed by atoms with E-state index in [1.165, 1.54) is 0 Å². The number of aliphatic imine (C=N–C) groups is 1. The van der Waals surface area contributed by atoms with Crippen molar-refractivity contribution in [2.45, 2.75) is 25.4 Å². The van der Waals surface area contributed by atoms with Gasteiger partial charge in [0.15, 0.2) is 0 Å². The normalized spacial score (nSPS) is 14.2. The van der Waals surface area contributed by atoms with E-state index >= 15 is 0 Å². The summed E-state index contributed by atoms with van der Waals surface area (Å²) in [5, 5.41) is 1.37. The molecule has 3 aromatic heterocycles. The Labute approximate surface area is 231 Å². The monoisotopic (exact) mass is 537 g/mol. The largest absolute Gasteiger partial charge is 0.497 e. The first-order chi connectivity index (χ1) is 19.0. The number of halogens is 1. The highest BCUT2D eigenvalue weighted by Crippen LogP contribution is 2.38.